The predicted octanol–water partition coefficient (Wildman–Crippen LogP) is 2.97. The van der Waals surface area contributed by atoms with Crippen LogP contribution in [0.5, 0.6) is 0 Å². The van der Waals surface area contributed by atoms with Gasteiger partial charge in [-0.2, -0.15) is 0 Å². The van der Waals surface area contributed by atoms with Crippen molar-refractivity contribution in [3.63, 3.8) is 0 Å². The molecule has 30 heavy (non-hydrogen) atoms. The zero-order valence-corrected chi connectivity index (χ0v) is 17.0. The molecule has 0 aromatic heterocycles. The van der Waals surface area contributed by atoms with Crippen LogP contribution in [0.3, 0.4) is 0 Å². The highest BCUT2D eigenvalue weighted by atomic mass is 16.5. The molecule has 0 radical (unpaired) electrons. The smallest absolute Gasteiger partial charge is 0.338 e. The Balaban J connectivity index is 1.66. The predicted molar refractivity (Wildman–Crippen MR) is 111 cm³/mol. The number of benzene rings is 2. The van der Waals surface area contributed by atoms with E-state index in [1.54, 1.807) is 38.1 Å². The normalized spacial score (nSPS) is 16.0. The maximum atomic E-state index is 12.8. The fourth-order valence-electron chi connectivity index (χ4n) is 3.16. The first-order valence-corrected chi connectivity index (χ1v) is 9.60. The van der Waals surface area contributed by atoms with Crippen molar-refractivity contribution < 1.29 is 23.9 Å². The molecule has 0 saturated carbocycles. The van der Waals surface area contributed by atoms with Crippen LogP contribution in [0.2, 0.25) is 0 Å². The molecule has 1 heterocycles. The van der Waals surface area contributed by atoms with Gasteiger partial charge in [-0.25, -0.2) is 9.59 Å². The molecule has 0 bridgehead atoms. The van der Waals surface area contributed by atoms with Gasteiger partial charge in [0, 0.05) is 11.4 Å². The average molecular weight is 409 g/mol. The minimum absolute atomic E-state index is 0.271. The van der Waals surface area contributed by atoms with E-state index >= 15 is 0 Å². The van der Waals surface area contributed by atoms with Crippen LogP contribution in [0.4, 0.5) is 16.2 Å². The fourth-order valence-corrected chi connectivity index (χ4v) is 3.16. The molecule has 8 heteroatoms. The first-order chi connectivity index (χ1) is 14.3. The van der Waals surface area contributed by atoms with Crippen LogP contribution in [0.25, 0.3) is 0 Å². The lowest BCUT2D eigenvalue weighted by Gasteiger charge is -2.19. The summed E-state index contributed by atoms with van der Waals surface area (Å²) in [5.41, 5.74) is 2.44. The Bertz CT molecular complexity index is 969. The van der Waals surface area contributed by atoms with E-state index in [0.717, 1.165) is 10.5 Å². The van der Waals surface area contributed by atoms with Gasteiger partial charge in [-0.1, -0.05) is 17.7 Å². The van der Waals surface area contributed by atoms with Gasteiger partial charge in [0.1, 0.15) is 12.6 Å². The van der Waals surface area contributed by atoms with Gasteiger partial charge in [0.15, 0.2) is 0 Å². The van der Waals surface area contributed by atoms with E-state index < -0.39 is 36.4 Å². The Morgan fingerprint density at radius 3 is 2.27 bits per heavy atom. The lowest BCUT2D eigenvalue weighted by atomic mass is 10.2. The molecular weight excluding hydrogens is 386 g/mol. The summed E-state index contributed by atoms with van der Waals surface area (Å²) in [5.74, 6) is -1.40. The number of carbonyl (C=O) groups is 4. The average Bonchev–Trinajstić information content (AvgIpc) is 2.93. The van der Waals surface area contributed by atoms with Crippen molar-refractivity contribution >= 4 is 35.2 Å². The monoisotopic (exact) mass is 409 g/mol. The van der Waals surface area contributed by atoms with Crippen LogP contribution >= 0.6 is 0 Å². The number of nitrogens with zero attached hydrogens (tertiary/aromatic N) is 2. The van der Waals surface area contributed by atoms with Crippen LogP contribution < -0.4 is 10.2 Å². The molecule has 1 saturated heterocycles. The lowest BCUT2D eigenvalue weighted by Crippen LogP contribution is -2.39. The number of carbonyl (C=O) groups excluding carboxylic acids is 4. The molecule has 1 fully saturated rings. The highest BCUT2D eigenvalue weighted by Crippen LogP contribution is 2.26. The number of hydrogen-bond acceptors (Lipinski definition) is 5. The molecule has 1 aliphatic heterocycles. The fraction of sp³-hybridized carbons (Fsp3) is 0.273. The molecule has 156 valence electrons. The van der Waals surface area contributed by atoms with E-state index in [-0.39, 0.29) is 6.61 Å². The van der Waals surface area contributed by atoms with E-state index in [9.17, 15) is 19.2 Å². The second-order valence-electron chi connectivity index (χ2n) is 6.93. The standard InChI is InChI=1S/C22H23N3O5/c1-4-30-21(28)16-7-9-17(10-8-16)23-19(26)13-24-20(27)15(3)25(22(24)29)18-11-5-14(2)6-12-18/h5-12,15H,4,13H2,1-3H3,(H,23,26)/t15-/m0/s1. The molecule has 1 atom stereocenters. The zero-order valence-electron chi connectivity index (χ0n) is 17.0. The SMILES string of the molecule is CCOC(=O)c1ccc(NC(=O)CN2C(=O)[C@H](C)N(c3ccc(C)cc3)C2=O)cc1. The number of esters is 1. The lowest BCUT2D eigenvalue weighted by molar-refractivity contribution is -0.130. The Kier molecular flexibility index (Phi) is 6.15. The number of hydrogen-bond donors (Lipinski definition) is 1. The molecule has 3 rings (SSSR count). The summed E-state index contributed by atoms with van der Waals surface area (Å²) >= 11 is 0. The zero-order chi connectivity index (χ0) is 21.8. The van der Waals surface area contributed by atoms with Crippen LogP contribution in [0.15, 0.2) is 48.5 Å². The first-order valence-electron chi connectivity index (χ1n) is 9.60. The van der Waals surface area contributed by atoms with Gasteiger partial charge in [-0.3, -0.25) is 19.4 Å². The highest BCUT2D eigenvalue weighted by Gasteiger charge is 2.44. The van der Waals surface area contributed by atoms with Gasteiger partial charge in [0.25, 0.3) is 5.91 Å². The third-order valence-electron chi connectivity index (χ3n) is 4.74. The van der Waals surface area contributed by atoms with Crippen LogP contribution in [-0.2, 0) is 14.3 Å². The maximum Gasteiger partial charge on any atom is 0.338 e. The van der Waals surface area contributed by atoms with Crippen molar-refractivity contribution in [2.75, 3.05) is 23.4 Å². The molecular formula is C22H23N3O5. The highest BCUT2D eigenvalue weighted by molar-refractivity contribution is 6.16. The second kappa shape index (κ2) is 8.77. The Morgan fingerprint density at radius 1 is 1.03 bits per heavy atom. The summed E-state index contributed by atoms with van der Waals surface area (Å²) in [5, 5.41) is 2.63. The van der Waals surface area contributed by atoms with Gasteiger partial charge in [-0.15, -0.1) is 0 Å². The van der Waals surface area contributed by atoms with E-state index in [1.807, 2.05) is 19.1 Å². The Hall–Kier alpha value is -3.68. The number of anilines is 2. The quantitative estimate of drug-likeness (QED) is 0.585. The van der Waals surface area contributed by atoms with Crippen molar-refractivity contribution in [3.05, 3.63) is 59.7 Å². The van der Waals surface area contributed by atoms with Crippen LogP contribution in [-0.4, -0.2) is 47.9 Å². The summed E-state index contributed by atoms with van der Waals surface area (Å²) in [6.07, 6.45) is 0. The molecule has 0 unspecified atom stereocenters. The van der Waals surface area contributed by atoms with Gasteiger partial charge in [0.05, 0.1) is 12.2 Å². The molecule has 0 spiro atoms. The largest absolute Gasteiger partial charge is 0.462 e. The molecule has 2 aromatic rings. The second-order valence-corrected chi connectivity index (χ2v) is 6.93. The molecule has 1 N–H and O–H groups in total. The molecule has 1 aliphatic rings. The number of urea groups is 1. The van der Waals surface area contributed by atoms with Crippen molar-refractivity contribution in [3.8, 4) is 0 Å². The summed E-state index contributed by atoms with van der Waals surface area (Å²) in [4.78, 5) is 51.8. The Labute approximate surface area is 174 Å². The third kappa shape index (κ3) is 4.32. The number of rotatable bonds is 6. The number of ether oxygens (including phenoxy) is 1. The van der Waals surface area contributed by atoms with E-state index in [0.29, 0.717) is 16.9 Å². The van der Waals surface area contributed by atoms with Crippen molar-refractivity contribution in [1.29, 1.82) is 0 Å². The van der Waals surface area contributed by atoms with Gasteiger partial charge < -0.3 is 10.1 Å². The van der Waals surface area contributed by atoms with Gasteiger partial charge in [0.2, 0.25) is 5.91 Å². The number of aryl methyl sites for hydroxylation is 1. The van der Waals surface area contributed by atoms with Crippen molar-refractivity contribution in [2.45, 2.75) is 26.8 Å². The first kappa shape index (κ1) is 21.0. The van der Waals surface area contributed by atoms with Crippen molar-refractivity contribution in [1.82, 2.24) is 4.90 Å². The van der Waals surface area contributed by atoms with Crippen molar-refractivity contribution in [2.24, 2.45) is 0 Å². The number of nitrogens with one attached hydrogen (secondary N) is 1. The maximum absolute atomic E-state index is 12.8. The summed E-state index contributed by atoms with van der Waals surface area (Å²) in [6, 6.07) is 12.2. The molecule has 0 aliphatic carbocycles. The molecule has 8 nitrogen and oxygen atoms in total. The van der Waals surface area contributed by atoms with E-state index in [4.69, 9.17) is 4.74 Å². The minimum Gasteiger partial charge on any atom is -0.462 e. The third-order valence-corrected chi connectivity index (χ3v) is 4.74. The topological polar surface area (TPSA) is 96.0 Å². The van der Waals surface area contributed by atoms with E-state index in [1.165, 1.54) is 17.0 Å². The summed E-state index contributed by atoms with van der Waals surface area (Å²) in [6.45, 7) is 5.15. The molecule has 4 amide bonds. The van der Waals surface area contributed by atoms with Crippen LogP contribution in [0, 0.1) is 6.92 Å². The molecule has 2 aromatic carbocycles. The minimum atomic E-state index is -0.697. The van der Waals surface area contributed by atoms with E-state index in [2.05, 4.69) is 5.32 Å². The number of imide groups is 1. The van der Waals surface area contributed by atoms with Gasteiger partial charge in [-0.05, 0) is 57.2 Å². The van der Waals surface area contributed by atoms with Gasteiger partial charge >= 0.3 is 12.0 Å². The summed E-state index contributed by atoms with van der Waals surface area (Å²) in [7, 11) is 0. The summed E-state index contributed by atoms with van der Waals surface area (Å²) < 4.78 is 4.91. The van der Waals surface area contributed by atoms with Crippen LogP contribution in [0.1, 0.15) is 29.8 Å². The Morgan fingerprint density at radius 2 is 1.67 bits per heavy atom. The number of amides is 4.